The molecule has 1 heterocycles. The zero-order valence-corrected chi connectivity index (χ0v) is 5.12. The van der Waals surface area contributed by atoms with E-state index in [4.69, 9.17) is 4.42 Å². The van der Waals surface area contributed by atoms with Gasteiger partial charge in [0.15, 0.2) is 5.09 Å². The van der Waals surface area contributed by atoms with Gasteiger partial charge < -0.3 is 4.42 Å². The Bertz CT molecular complexity index is 145. The molecule has 2 nitrogen and oxygen atoms in total. The molecule has 0 saturated carbocycles. The van der Waals surface area contributed by atoms with Gasteiger partial charge in [-0.05, 0) is 0 Å². The highest BCUT2D eigenvalue weighted by atomic mass is 32.1. The SMILES string of the molecule is Sc1cnc(S)o1. The van der Waals surface area contributed by atoms with Gasteiger partial charge in [-0.3, -0.25) is 0 Å². The number of hydrogen-bond acceptors (Lipinski definition) is 4. The molecular formula is C3H3NOS2. The van der Waals surface area contributed by atoms with Gasteiger partial charge in [0.05, 0.1) is 6.20 Å². The summed E-state index contributed by atoms with van der Waals surface area (Å²) in [5.74, 6) is 0. The fourth-order valence-corrected chi connectivity index (χ4v) is 0.629. The van der Waals surface area contributed by atoms with Crippen molar-refractivity contribution in [1.82, 2.24) is 4.98 Å². The fourth-order valence-electron chi connectivity index (χ4n) is 0.257. The van der Waals surface area contributed by atoms with Crippen molar-refractivity contribution in [1.29, 1.82) is 0 Å². The number of nitrogens with zero attached hydrogens (tertiary/aromatic N) is 1. The van der Waals surface area contributed by atoms with Crippen LogP contribution in [0.25, 0.3) is 0 Å². The molecular weight excluding hydrogens is 130 g/mol. The number of hydrogen-bond donors (Lipinski definition) is 2. The van der Waals surface area contributed by atoms with E-state index in [-0.39, 0.29) is 0 Å². The minimum Gasteiger partial charge on any atom is -0.425 e. The molecule has 0 radical (unpaired) electrons. The lowest BCUT2D eigenvalue weighted by Gasteiger charge is -1.71. The van der Waals surface area contributed by atoms with Crippen molar-refractivity contribution < 1.29 is 4.42 Å². The summed E-state index contributed by atoms with van der Waals surface area (Å²) in [6, 6.07) is 0. The van der Waals surface area contributed by atoms with Crippen LogP contribution in [0.15, 0.2) is 20.9 Å². The van der Waals surface area contributed by atoms with E-state index >= 15 is 0 Å². The second-order valence-corrected chi connectivity index (χ2v) is 1.80. The lowest BCUT2D eigenvalue weighted by Crippen LogP contribution is -1.51. The van der Waals surface area contributed by atoms with E-state index in [9.17, 15) is 0 Å². The summed E-state index contributed by atoms with van der Waals surface area (Å²) >= 11 is 7.61. The van der Waals surface area contributed by atoms with E-state index in [0.717, 1.165) is 0 Å². The maximum absolute atomic E-state index is 4.70. The van der Waals surface area contributed by atoms with Crippen molar-refractivity contribution in [2.75, 3.05) is 0 Å². The van der Waals surface area contributed by atoms with Crippen LogP contribution in [0, 0.1) is 0 Å². The molecule has 0 N–H and O–H groups in total. The molecule has 0 spiro atoms. The normalized spacial score (nSPS) is 9.43. The maximum Gasteiger partial charge on any atom is 0.253 e. The van der Waals surface area contributed by atoms with Crippen LogP contribution in [0.2, 0.25) is 0 Å². The Balaban J connectivity index is 3.04. The zero-order chi connectivity index (χ0) is 5.28. The van der Waals surface area contributed by atoms with E-state index in [0.29, 0.717) is 10.3 Å². The van der Waals surface area contributed by atoms with Crippen molar-refractivity contribution in [2.45, 2.75) is 10.3 Å². The summed E-state index contributed by atoms with van der Waals surface area (Å²) in [6.07, 6.45) is 1.49. The number of oxazole rings is 1. The van der Waals surface area contributed by atoms with E-state index in [2.05, 4.69) is 30.2 Å². The molecule has 0 amide bonds. The Morgan fingerprint density at radius 1 is 1.57 bits per heavy atom. The van der Waals surface area contributed by atoms with Gasteiger partial charge in [0, 0.05) is 0 Å². The van der Waals surface area contributed by atoms with Crippen LogP contribution in [0.3, 0.4) is 0 Å². The van der Waals surface area contributed by atoms with E-state index in [1.165, 1.54) is 6.20 Å². The summed E-state index contributed by atoms with van der Waals surface area (Å²) < 4.78 is 4.70. The number of aromatic nitrogens is 1. The summed E-state index contributed by atoms with van der Waals surface area (Å²) in [7, 11) is 0. The van der Waals surface area contributed by atoms with Crippen LogP contribution < -0.4 is 0 Å². The van der Waals surface area contributed by atoms with Crippen LogP contribution in [0.4, 0.5) is 0 Å². The Kier molecular flexibility index (Phi) is 1.30. The minimum absolute atomic E-state index is 0.352. The van der Waals surface area contributed by atoms with Crippen LogP contribution in [-0.4, -0.2) is 4.98 Å². The molecule has 0 aromatic carbocycles. The molecule has 0 aliphatic carbocycles. The molecule has 1 aromatic heterocycles. The lowest BCUT2D eigenvalue weighted by molar-refractivity contribution is 0.387. The number of rotatable bonds is 0. The highest BCUT2D eigenvalue weighted by Crippen LogP contribution is 2.09. The van der Waals surface area contributed by atoms with Gasteiger partial charge in [-0.2, -0.15) is 0 Å². The topological polar surface area (TPSA) is 26.0 Å². The Hall–Kier alpha value is -0.0900. The molecule has 0 bridgehead atoms. The first-order chi connectivity index (χ1) is 3.29. The van der Waals surface area contributed by atoms with E-state index in [1.54, 1.807) is 0 Å². The molecule has 0 fully saturated rings. The standard InChI is InChI=1S/C3H3NOS2/c6-2-1-4-3(7)5-2/h1,6H,(H,4,7). The first-order valence-electron chi connectivity index (χ1n) is 1.63. The van der Waals surface area contributed by atoms with Gasteiger partial charge in [-0.15, -0.1) is 12.6 Å². The van der Waals surface area contributed by atoms with Gasteiger partial charge in [-0.25, -0.2) is 4.98 Å². The minimum atomic E-state index is 0.352. The third-order valence-corrected chi connectivity index (χ3v) is 0.895. The Morgan fingerprint density at radius 2 is 2.29 bits per heavy atom. The predicted octanol–water partition coefficient (Wildman–Crippen LogP) is 1.25. The second kappa shape index (κ2) is 1.79. The third-order valence-electron chi connectivity index (χ3n) is 0.481. The van der Waals surface area contributed by atoms with Gasteiger partial charge in [0.1, 0.15) is 0 Å². The zero-order valence-electron chi connectivity index (χ0n) is 3.33. The Labute approximate surface area is 51.8 Å². The highest BCUT2D eigenvalue weighted by Gasteiger charge is 1.89. The molecule has 0 unspecified atom stereocenters. The van der Waals surface area contributed by atoms with Crippen molar-refractivity contribution in [3.63, 3.8) is 0 Å². The summed E-state index contributed by atoms with van der Waals surface area (Å²) in [5, 5.41) is 0.843. The maximum atomic E-state index is 4.70. The molecule has 1 rings (SSSR count). The number of thiol groups is 2. The first-order valence-corrected chi connectivity index (χ1v) is 2.52. The van der Waals surface area contributed by atoms with Crippen molar-refractivity contribution >= 4 is 25.3 Å². The second-order valence-electron chi connectivity index (χ2n) is 0.981. The fraction of sp³-hybridized carbons (Fsp3) is 0. The molecule has 38 valence electrons. The van der Waals surface area contributed by atoms with Crippen molar-refractivity contribution in [3.8, 4) is 0 Å². The monoisotopic (exact) mass is 133 g/mol. The summed E-state index contributed by atoms with van der Waals surface area (Å²) in [6.45, 7) is 0. The molecule has 0 aliphatic heterocycles. The summed E-state index contributed by atoms with van der Waals surface area (Å²) in [5.41, 5.74) is 0. The smallest absolute Gasteiger partial charge is 0.253 e. The largest absolute Gasteiger partial charge is 0.425 e. The van der Waals surface area contributed by atoms with Crippen LogP contribution in [-0.2, 0) is 0 Å². The van der Waals surface area contributed by atoms with Crippen molar-refractivity contribution in [2.24, 2.45) is 0 Å². The summed E-state index contributed by atoms with van der Waals surface area (Å²) in [4.78, 5) is 3.64. The lowest BCUT2D eigenvalue weighted by atomic mass is 11.0. The van der Waals surface area contributed by atoms with Crippen LogP contribution in [0.1, 0.15) is 0 Å². The van der Waals surface area contributed by atoms with Crippen LogP contribution in [0.5, 0.6) is 0 Å². The molecule has 4 heteroatoms. The van der Waals surface area contributed by atoms with E-state index in [1.807, 2.05) is 0 Å². The Morgan fingerprint density at radius 3 is 2.43 bits per heavy atom. The third kappa shape index (κ3) is 1.14. The van der Waals surface area contributed by atoms with Crippen molar-refractivity contribution in [3.05, 3.63) is 6.20 Å². The van der Waals surface area contributed by atoms with Gasteiger partial charge >= 0.3 is 0 Å². The average Bonchev–Trinajstić information content (AvgIpc) is 1.87. The van der Waals surface area contributed by atoms with Gasteiger partial charge in [0.2, 0.25) is 0 Å². The molecule has 0 atom stereocenters. The quantitative estimate of drug-likeness (QED) is 0.521. The predicted molar refractivity (Wildman–Crippen MR) is 31.0 cm³/mol. The average molecular weight is 133 g/mol. The van der Waals surface area contributed by atoms with Gasteiger partial charge in [0.25, 0.3) is 5.22 Å². The first kappa shape index (κ1) is 5.05. The highest BCUT2D eigenvalue weighted by molar-refractivity contribution is 7.80. The van der Waals surface area contributed by atoms with Crippen LogP contribution >= 0.6 is 25.3 Å². The van der Waals surface area contributed by atoms with Gasteiger partial charge in [-0.1, -0.05) is 12.6 Å². The van der Waals surface area contributed by atoms with E-state index < -0.39 is 0 Å². The molecule has 1 aromatic rings. The molecule has 0 aliphatic rings. The molecule has 7 heavy (non-hydrogen) atoms. The molecule has 0 saturated heterocycles.